The summed E-state index contributed by atoms with van der Waals surface area (Å²) >= 11 is 5.25. The van der Waals surface area contributed by atoms with E-state index in [1.807, 2.05) is 18.2 Å². The second-order valence-corrected chi connectivity index (χ2v) is 6.02. The highest BCUT2D eigenvalue weighted by molar-refractivity contribution is 7.80. The molecule has 2 aromatic carbocycles. The van der Waals surface area contributed by atoms with Crippen LogP contribution in [0.1, 0.15) is 22.6 Å². The van der Waals surface area contributed by atoms with Gasteiger partial charge >= 0.3 is 0 Å². The number of likely N-dealkylation sites (N-methyl/N-ethyl adjacent to an activating group) is 1. The Kier molecular flexibility index (Phi) is 5.48. The summed E-state index contributed by atoms with van der Waals surface area (Å²) in [7, 11) is 2.11. The molecule has 0 aliphatic carbocycles. The number of thiocarbonyl (C=S) groups is 1. The van der Waals surface area contributed by atoms with Crippen LogP contribution in [0.4, 0.5) is 0 Å². The Balaban J connectivity index is 2.05. The van der Waals surface area contributed by atoms with Crippen molar-refractivity contribution in [1.29, 1.82) is 0 Å². The molecule has 2 N–H and O–H groups in total. The molecule has 0 bridgehead atoms. The second kappa shape index (κ2) is 7.34. The number of aryl methyl sites for hydroxylation is 1. The van der Waals surface area contributed by atoms with Crippen LogP contribution in [0.3, 0.4) is 0 Å². The third-order valence-corrected chi connectivity index (χ3v) is 3.86. The molecule has 2 nitrogen and oxygen atoms in total. The first-order valence-electron chi connectivity index (χ1n) is 7.14. The number of nitrogens with two attached hydrogens (primary N) is 1. The fourth-order valence-electron chi connectivity index (χ4n) is 2.54. The summed E-state index contributed by atoms with van der Waals surface area (Å²) < 4.78 is 0. The fraction of sp³-hybridized carbons (Fsp3) is 0.278. The normalized spacial score (nSPS) is 12.3. The molecule has 0 aromatic heterocycles. The van der Waals surface area contributed by atoms with Gasteiger partial charge in [0.05, 0.1) is 4.99 Å². The largest absolute Gasteiger partial charge is 0.393 e. The van der Waals surface area contributed by atoms with E-state index in [-0.39, 0.29) is 5.92 Å². The maximum absolute atomic E-state index is 5.94. The van der Waals surface area contributed by atoms with Gasteiger partial charge in [0.1, 0.15) is 0 Å². The van der Waals surface area contributed by atoms with E-state index >= 15 is 0 Å². The first-order chi connectivity index (χ1) is 10.1. The van der Waals surface area contributed by atoms with Gasteiger partial charge in [-0.1, -0.05) is 72.4 Å². The van der Waals surface area contributed by atoms with Crippen molar-refractivity contribution in [2.24, 2.45) is 5.73 Å². The topological polar surface area (TPSA) is 29.3 Å². The van der Waals surface area contributed by atoms with E-state index in [1.165, 1.54) is 16.7 Å². The van der Waals surface area contributed by atoms with E-state index in [9.17, 15) is 0 Å². The Morgan fingerprint density at radius 2 is 1.86 bits per heavy atom. The van der Waals surface area contributed by atoms with Crippen LogP contribution in [0.2, 0.25) is 0 Å². The van der Waals surface area contributed by atoms with Gasteiger partial charge < -0.3 is 10.6 Å². The van der Waals surface area contributed by atoms with Gasteiger partial charge in [0.25, 0.3) is 0 Å². The van der Waals surface area contributed by atoms with E-state index in [1.54, 1.807) is 0 Å². The van der Waals surface area contributed by atoms with Crippen LogP contribution in [0.15, 0.2) is 54.6 Å². The SMILES string of the molecule is Cc1cccc(CN(C)CC(C(N)=S)c2ccccc2)c1. The van der Waals surface area contributed by atoms with Crippen molar-refractivity contribution in [2.45, 2.75) is 19.4 Å². The van der Waals surface area contributed by atoms with E-state index < -0.39 is 0 Å². The first-order valence-corrected chi connectivity index (χ1v) is 7.55. The molecule has 21 heavy (non-hydrogen) atoms. The monoisotopic (exact) mass is 298 g/mol. The molecule has 2 aromatic rings. The van der Waals surface area contributed by atoms with Crippen LogP contribution in [-0.2, 0) is 6.54 Å². The van der Waals surface area contributed by atoms with E-state index in [2.05, 4.69) is 55.3 Å². The Bertz CT molecular complexity index is 595. The molecule has 0 spiro atoms. The Labute approximate surface area is 132 Å². The Morgan fingerprint density at radius 1 is 1.14 bits per heavy atom. The third-order valence-electron chi connectivity index (χ3n) is 3.57. The van der Waals surface area contributed by atoms with Crippen molar-refractivity contribution < 1.29 is 0 Å². The minimum absolute atomic E-state index is 0.0935. The lowest BCUT2D eigenvalue weighted by Gasteiger charge is -2.24. The minimum Gasteiger partial charge on any atom is -0.393 e. The van der Waals surface area contributed by atoms with Crippen LogP contribution < -0.4 is 5.73 Å². The van der Waals surface area contributed by atoms with E-state index in [4.69, 9.17) is 18.0 Å². The van der Waals surface area contributed by atoms with Gasteiger partial charge in [0.15, 0.2) is 0 Å². The zero-order chi connectivity index (χ0) is 15.2. The van der Waals surface area contributed by atoms with Crippen LogP contribution in [0.5, 0.6) is 0 Å². The highest BCUT2D eigenvalue weighted by Gasteiger charge is 2.16. The van der Waals surface area contributed by atoms with Gasteiger partial charge in [-0.3, -0.25) is 0 Å². The maximum Gasteiger partial charge on any atom is 0.0816 e. The van der Waals surface area contributed by atoms with Crippen LogP contribution in [-0.4, -0.2) is 23.5 Å². The highest BCUT2D eigenvalue weighted by Crippen LogP contribution is 2.18. The minimum atomic E-state index is 0.0935. The zero-order valence-corrected chi connectivity index (χ0v) is 13.4. The van der Waals surface area contributed by atoms with Crippen molar-refractivity contribution in [3.8, 4) is 0 Å². The van der Waals surface area contributed by atoms with Crippen molar-refractivity contribution in [1.82, 2.24) is 4.90 Å². The molecule has 2 rings (SSSR count). The molecular weight excluding hydrogens is 276 g/mol. The number of benzene rings is 2. The number of nitrogens with zero attached hydrogens (tertiary/aromatic N) is 1. The Hall–Kier alpha value is -1.71. The van der Waals surface area contributed by atoms with E-state index in [0.717, 1.165) is 13.1 Å². The highest BCUT2D eigenvalue weighted by atomic mass is 32.1. The van der Waals surface area contributed by atoms with Gasteiger partial charge in [0.2, 0.25) is 0 Å². The smallest absolute Gasteiger partial charge is 0.0816 e. The van der Waals surface area contributed by atoms with Crippen molar-refractivity contribution in [3.05, 3.63) is 71.3 Å². The molecule has 0 saturated carbocycles. The lowest BCUT2D eigenvalue weighted by Crippen LogP contribution is -2.31. The number of hydrogen-bond acceptors (Lipinski definition) is 2. The van der Waals surface area contributed by atoms with E-state index in [0.29, 0.717) is 4.99 Å². The predicted octanol–water partition coefficient (Wildman–Crippen LogP) is 3.50. The molecule has 0 aliphatic rings. The van der Waals surface area contributed by atoms with Crippen molar-refractivity contribution in [2.75, 3.05) is 13.6 Å². The summed E-state index contributed by atoms with van der Waals surface area (Å²) in [6.07, 6.45) is 0. The third kappa shape index (κ3) is 4.66. The van der Waals surface area contributed by atoms with Crippen molar-refractivity contribution >= 4 is 17.2 Å². The predicted molar refractivity (Wildman–Crippen MR) is 93.5 cm³/mol. The molecule has 0 amide bonds. The number of rotatable bonds is 6. The summed E-state index contributed by atoms with van der Waals surface area (Å²) in [5.74, 6) is 0.0935. The maximum atomic E-state index is 5.94. The van der Waals surface area contributed by atoms with Crippen LogP contribution in [0.25, 0.3) is 0 Å². The molecule has 1 unspecified atom stereocenters. The second-order valence-electron chi connectivity index (χ2n) is 5.55. The molecule has 110 valence electrons. The summed E-state index contributed by atoms with van der Waals surface area (Å²) in [6, 6.07) is 18.8. The van der Waals surface area contributed by atoms with Gasteiger partial charge in [-0.2, -0.15) is 0 Å². The van der Waals surface area contributed by atoms with Gasteiger partial charge in [-0.05, 0) is 25.1 Å². The molecule has 0 aliphatic heterocycles. The molecule has 0 fully saturated rings. The summed E-state index contributed by atoms with van der Waals surface area (Å²) in [5, 5.41) is 0. The molecule has 1 atom stereocenters. The van der Waals surface area contributed by atoms with Gasteiger partial charge in [-0.15, -0.1) is 0 Å². The Morgan fingerprint density at radius 3 is 2.48 bits per heavy atom. The molecule has 0 heterocycles. The average molecular weight is 298 g/mol. The summed E-state index contributed by atoms with van der Waals surface area (Å²) in [6.45, 7) is 3.84. The fourth-order valence-corrected chi connectivity index (χ4v) is 2.75. The zero-order valence-electron chi connectivity index (χ0n) is 12.6. The van der Waals surface area contributed by atoms with Gasteiger partial charge in [-0.25, -0.2) is 0 Å². The first kappa shape index (κ1) is 15.7. The lowest BCUT2D eigenvalue weighted by atomic mass is 9.98. The molecule has 0 radical (unpaired) electrons. The average Bonchev–Trinajstić information content (AvgIpc) is 2.45. The molecular formula is C18H22N2S. The quantitative estimate of drug-likeness (QED) is 0.828. The standard InChI is InChI=1S/C18H22N2S/c1-14-7-6-8-15(11-14)12-20(2)13-17(18(19)21)16-9-4-3-5-10-16/h3-11,17H,12-13H2,1-2H3,(H2,19,21). The summed E-state index contributed by atoms with van der Waals surface area (Å²) in [4.78, 5) is 2.82. The van der Waals surface area contributed by atoms with Crippen molar-refractivity contribution in [3.63, 3.8) is 0 Å². The molecule has 3 heteroatoms. The van der Waals surface area contributed by atoms with Gasteiger partial charge in [0, 0.05) is 19.0 Å². The summed E-state index contributed by atoms with van der Waals surface area (Å²) in [5.41, 5.74) is 9.72. The number of hydrogen-bond donors (Lipinski definition) is 1. The van der Waals surface area contributed by atoms with Crippen LogP contribution in [0, 0.1) is 6.92 Å². The lowest BCUT2D eigenvalue weighted by molar-refractivity contribution is 0.323. The molecule has 0 saturated heterocycles. The van der Waals surface area contributed by atoms with Crippen LogP contribution >= 0.6 is 12.2 Å².